The largest absolute Gasteiger partial charge is 0.480 e. The second kappa shape index (κ2) is 7.25. The Morgan fingerprint density at radius 2 is 1.88 bits per heavy atom. The van der Waals surface area contributed by atoms with Gasteiger partial charge >= 0.3 is 5.97 Å². The Hall–Kier alpha value is -1.06. The van der Waals surface area contributed by atoms with Crippen molar-refractivity contribution in [2.24, 2.45) is 0 Å². The van der Waals surface area contributed by atoms with Crippen LogP contribution in [0.1, 0.15) is 0 Å². The number of carbonyl (C=O) groups is 2. The molecular formula is C8H14O8. The van der Waals surface area contributed by atoms with Gasteiger partial charge in [-0.2, -0.15) is 0 Å². The van der Waals surface area contributed by atoms with Crippen molar-refractivity contribution in [3.05, 3.63) is 0 Å². The van der Waals surface area contributed by atoms with Gasteiger partial charge in [0, 0.05) is 0 Å². The number of ether oxygens (including phenoxy) is 1. The van der Waals surface area contributed by atoms with Crippen LogP contribution in [-0.2, 0) is 14.3 Å². The zero-order valence-corrected chi connectivity index (χ0v) is 8.26. The summed E-state index contributed by atoms with van der Waals surface area (Å²) in [4.78, 5) is 20.5. The molecular weight excluding hydrogens is 224 g/mol. The number of aliphatic carboxylic acids is 1. The minimum Gasteiger partial charge on any atom is -0.480 e. The van der Waals surface area contributed by atoms with Gasteiger partial charge < -0.3 is 35.1 Å². The Bertz CT molecular complexity index is 230. The lowest BCUT2D eigenvalue weighted by Gasteiger charge is -2.26. The number of carboxylic acids is 1. The molecule has 94 valence electrons. The Labute approximate surface area is 90.7 Å². The molecule has 0 heterocycles. The maximum atomic E-state index is 10.3. The first-order valence-electron chi connectivity index (χ1n) is 4.37. The van der Waals surface area contributed by atoms with Crippen LogP contribution in [-0.4, -0.2) is 75.4 Å². The monoisotopic (exact) mass is 238 g/mol. The van der Waals surface area contributed by atoms with Gasteiger partial charge in [-0.25, -0.2) is 4.79 Å². The van der Waals surface area contributed by atoms with Crippen LogP contribution in [0.4, 0.5) is 0 Å². The molecule has 5 N–H and O–H groups in total. The molecule has 0 spiro atoms. The van der Waals surface area contributed by atoms with E-state index in [1.54, 1.807) is 0 Å². The van der Waals surface area contributed by atoms with E-state index in [1.165, 1.54) is 0 Å². The van der Waals surface area contributed by atoms with Crippen molar-refractivity contribution in [2.45, 2.75) is 24.4 Å². The van der Waals surface area contributed by atoms with Crippen molar-refractivity contribution in [3.63, 3.8) is 0 Å². The lowest BCUT2D eigenvalue weighted by atomic mass is 10.0. The van der Waals surface area contributed by atoms with E-state index in [2.05, 4.69) is 4.74 Å². The van der Waals surface area contributed by atoms with Crippen molar-refractivity contribution >= 4 is 12.3 Å². The van der Waals surface area contributed by atoms with Gasteiger partial charge in [-0.1, -0.05) is 0 Å². The summed E-state index contributed by atoms with van der Waals surface area (Å²) in [5.41, 5.74) is 0. The maximum Gasteiger partial charge on any atom is 0.329 e. The third-order valence-electron chi connectivity index (χ3n) is 1.79. The normalized spacial score (nSPS) is 18.5. The molecule has 0 radical (unpaired) electrons. The molecule has 0 amide bonds. The molecule has 0 aliphatic carbocycles. The van der Waals surface area contributed by atoms with Crippen LogP contribution in [0, 0.1) is 0 Å². The van der Waals surface area contributed by atoms with Gasteiger partial charge in [-0.15, -0.1) is 0 Å². The smallest absolute Gasteiger partial charge is 0.329 e. The zero-order valence-electron chi connectivity index (χ0n) is 8.26. The molecule has 0 unspecified atom stereocenters. The lowest BCUT2D eigenvalue weighted by molar-refractivity contribution is -0.165. The predicted octanol–water partition coefficient (Wildman–Crippen LogP) is -3.27. The summed E-state index contributed by atoms with van der Waals surface area (Å²) in [6.45, 7) is -1.68. The second-order valence-corrected chi connectivity index (χ2v) is 3.04. The molecule has 0 aromatic carbocycles. The molecule has 0 aromatic heterocycles. The van der Waals surface area contributed by atoms with Crippen molar-refractivity contribution in [1.29, 1.82) is 0 Å². The van der Waals surface area contributed by atoms with E-state index < -0.39 is 43.6 Å². The van der Waals surface area contributed by atoms with E-state index in [9.17, 15) is 14.7 Å². The summed E-state index contributed by atoms with van der Waals surface area (Å²) in [7, 11) is 0. The van der Waals surface area contributed by atoms with Crippen LogP contribution in [0.3, 0.4) is 0 Å². The first kappa shape index (κ1) is 14.9. The van der Waals surface area contributed by atoms with Crippen LogP contribution in [0.25, 0.3) is 0 Å². The number of aliphatic hydroxyl groups is 4. The fourth-order valence-electron chi connectivity index (χ4n) is 0.971. The highest BCUT2D eigenvalue weighted by Gasteiger charge is 2.33. The number of rotatable bonds is 8. The van der Waals surface area contributed by atoms with Gasteiger partial charge in [0.05, 0.1) is 6.61 Å². The van der Waals surface area contributed by atoms with Crippen molar-refractivity contribution in [2.75, 3.05) is 13.2 Å². The van der Waals surface area contributed by atoms with E-state index >= 15 is 0 Å². The van der Waals surface area contributed by atoms with E-state index in [0.717, 1.165) is 0 Å². The summed E-state index contributed by atoms with van der Waals surface area (Å²) < 4.78 is 4.54. The van der Waals surface area contributed by atoms with Gasteiger partial charge in [-0.05, 0) is 0 Å². The summed E-state index contributed by atoms with van der Waals surface area (Å²) in [6, 6.07) is 0. The summed E-state index contributed by atoms with van der Waals surface area (Å²) >= 11 is 0. The molecule has 0 aromatic rings. The summed E-state index contributed by atoms with van der Waals surface area (Å²) in [6.07, 6.45) is -6.80. The first-order valence-corrected chi connectivity index (χ1v) is 4.37. The zero-order chi connectivity index (χ0) is 12.7. The quantitative estimate of drug-likeness (QED) is 0.277. The molecule has 8 heteroatoms. The molecule has 16 heavy (non-hydrogen) atoms. The Morgan fingerprint density at radius 1 is 1.31 bits per heavy atom. The van der Waals surface area contributed by atoms with Gasteiger partial charge in [0.1, 0.15) is 31.0 Å². The number of hydrogen-bond donors (Lipinski definition) is 5. The minimum atomic E-state index is -1.80. The van der Waals surface area contributed by atoms with Crippen molar-refractivity contribution in [1.82, 2.24) is 0 Å². The van der Waals surface area contributed by atoms with Gasteiger partial charge in [0.2, 0.25) is 0 Å². The highest BCUT2D eigenvalue weighted by molar-refractivity contribution is 5.68. The van der Waals surface area contributed by atoms with Gasteiger partial charge in [-0.3, -0.25) is 0 Å². The molecule has 4 atom stereocenters. The van der Waals surface area contributed by atoms with Crippen molar-refractivity contribution < 1.29 is 39.9 Å². The summed E-state index contributed by atoms with van der Waals surface area (Å²) in [5, 5.41) is 44.3. The average molecular weight is 238 g/mol. The van der Waals surface area contributed by atoms with E-state index in [-0.39, 0.29) is 6.29 Å². The number of carboxylic acid groups (broad SMARTS) is 1. The molecule has 0 aliphatic heterocycles. The summed E-state index contributed by atoms with van der Waals surface area (Å²) in [5.74, 6) is -1.37. The minimum absolute atomic E-state index is 0.0276. The number of aliphatic hydroxyl groups excluding tert-OH is 4. The van der Waals surface area contributed by atoms with Crippen LogP contribution in [0.15, 0.2) is 0 Å². The number of carbonyl (C=O) groups excluding carboxylic acids is 1. The van der Waals surface area contributed by atoms with E-state index in [1.807, 2.05) is 0 Å². The first-order chi connectivity index (χ1) is 7.43. The molecule has 0 bridgehead atoms. The van der Waals surface area contributed by atoms with Crippen LogP contribution >= 0.6 is 0 Å². The number of hydrogen-bond acceptors (Lipinski definition) is 7. The van der Waals surface area contributed by atoms with Crippen LogP contribution in [0.5, 0.6) is 0 Å². The van der Waals surface area contributed by atoms with Crippen LogP contribution in [0.2, 0.25) is 0 Å². The average Bonchev–Trinajstić information content (AvgIpc) is 2.26. The van der Waals surface area contributed by atoms with E-state index in [4.69, 9.17) is 20.4 Å². The number of aldehydes is 1. The molecule has 0 saturated carbocycles. The molecule has 0 aliphatic rings. The Morgan fingerprint density at radius 3 is 2.25 bits per heavy atom. The predicted molar refractivity (Wildman–Crippen MR) is 48.5 cm³/mol. The fourth-order valence-corrected chi connectivity index (χ4v) is 0.971. The second-order valence-electron chi connectivity index (χ2n) is 3.04. The van der Waals surface area contributed by atoms with Crippen molar-refractivity contribution in [3.8, 4) is 0 Å². The lowest BCUT2D eigenvalue weighted by Crippen LogP contribution is -2.48. The van der Waals surface area contributed by atoms with Gasteiger partial charge in [0.25, 0.3) is 0 Å². The van der Waals surface area contributed by atoms with Gasteiger partial charge in [0.15, 0.2) is 6.29 Å². The molecule has 0 saturated heterocycles. The Kier molecular flexibility index (Phi) is 6.77. The molecule has 0 rings (SSSR count). The topological polar surface area (TPSA) is 145 Å². The SMILES string of the molecule is O=C[C@H](O)[C@@H](OCC(=O)O)[C@H](O)[C@H](O)CO. The highest BCUT2D eigenvalue weighted by atomic mass is 16.5. The third-order valence-corrected chi connectivity index (χ3v) is 1.79. The fraction of sp³-hybridized carbons (Fsp3) is 0.750. The highest BCUT2D eigenvalue weighted by Crippen LogP contribution is 2.08. The molecule has 8 nitrogen and oxygen atoms in total. The maximum absolute atomic E-state index is 10.3. The third kappa shape index (κ3) is 4.64. The van der Waals surface area contributed by atoms with E-state index in [0.29, 0.717) is 0 Å². The van der Waals surface area contributed by atoms with Crippen LogP contribution < -0.4 is 0 Å². The standard InChI is InChI=1S/C8H14O8/c9-1-4(11)7(15)8(5(12)2-10)16-3-6(13)14/h2,4-5,7-9,11-12,15H,1,3H2,(H,13,14)/t4-,5+,7-,8-/m1/s1. The Balaban J connectivity index is 4.52. The molecule has 0 fully saturated rings.